The number of aliphatic hydroxyl groups excluding tert-OH is 2. The fourth-order valence-electron chi connectivity index (χ4n) is 11.0. The minimum Gasteiger partial charge on any atom is -0.545 e. The van der Waals surface area contributed by atoms with Crippen LogP contribution in [0.25, 0.3) is 0 Å². The van der Waals surface area contributed by atoms with Crippen molar-refractivity contribution in [3.05, 3.63) is 11.1 Å². The molecule has 0 aromatic heterocycles. The summed E-state index contributed by atoms with van der Waals surface area (Å²) in [6, 6.07) is 0.256. The van der Waals surface area contributed by atoms with Gasteiger partial charge >= 0.3 is 0 Å². The van der Waals surface area contributed by atoms with Crippen molar-refractivity contribution in [2.45, 2.75) is 88.9 Å². The third-order valence-electron chi connectivity index (χ3n) is 12.8. The SMILES string of the molecule is CN=C(N)[NH+]1CC[C@H](CNCCO)[C@@]2(C1)[C@@H]1CC[C@@H](C)[C@]23C[C@@](O)(CO[C@@H]2CC[C@@H](CCCO)[C@H](NC)C2)C(C(=O)[O-])=C3C1. The number of carbonyl (C=O) groups is 1. The van der Waals surface area contributed by atoms with Crippen LogP contribution in [0.15, 0.2) is 16.1 Å². The summed E-state index contributed by atoms with van der Waals surface area (Å²) in [5, 5.41) is 51.2. The Balaban J connectivity index is 1.48. The first-order valence-electron chi connectivity index (χ1n) is 17.1. The molecule has 0 aromatic rings. The van der Waals surface area contributed by atoms with Crippen molar-refractivity contribution < 1.29 is 34.9 Å². The number of likely N-dealkylation sites (tertiary alicyclic amines) is 1. The Labute approximate surface area is 262 Å². The molecule has 5 aliphatic rings. The van der Waals surface area contributed by atoms with Crippen LogP contribution in [0.2, 0.25) is 0 Å². The lowest BCUT2D eigenvalue weighted by Crippen LogP contribution is -3.19. The number of allylic oxidation sites excluding steroid dienone is 1. The Morgan fingerprint density at radius 2 is 2.00 bits per heavy atom. The molecule has 11 nitrogen and oxygen atoms in total. The third-order valence-corrected chi connectivity index (χ3v) is 12.8. The summed E-state index contributed by atoms with van der Waals surface area (Å²) in [5.74, 6) is 0.464. The molecule has 1 heterocycles. The van der Waals surface area contributed by atoms with E-state index in [1.54, 1.807) is 7.05 Å². The van der Waals surface area contributed by atoms with Crippen LogP contribution in [0, 0.1) is 34.5 Å². The first-order chi connectivity index (χ1) is 21.1. The lowest BCUT2D eigenvalue weighted by Gasteiger charge is -2.60. The predicted octanol–water partition coefficient (Wildman–Crippen LogP) is -1.43. The molecule has 4 fully saturated rings. The molecule has 2 bridgehead atoms. The number of guanidine groups is 1. The van der Waals surface area contributed by atoms with Gasteiger partial charge in [-0.15, -0.1) is 0 Å². The average molecular weight is 620 g/mol. The van der Waals surface area contributed by atoms with E-state index >= 15 is 0 Å². The van der Waals surface area contributed by atoms with Crippen molar-refractivity contribution >= 4 is 11.9 Å². The zero-order valence-corrected chi connectivity index (χ0v) is 27.1. The van der Waals surface area contributed by atoms with Gasteiger partial charge in [0.1, 0.15) is 5.60 Å². The van der Waals surface area contributed by atoms with Crippen LogP contribution in [0.3, 0.4) is 0 Å². The Morgan fingerprint density at radius 3 is 2.68 bits per heavy atom. The zero-order chi connectivity index (χ0) is 31.7. The molecule has 10 atom stereocenters. The van der Waals surface area contributed by atoms with Gasteiger partial charge in [-0.05, 0) is 95.1 Å². The van der Waals surface area contributed by atoms with Crippen LogP contribution >= 0.6 is 0 Å². The van der Waals surface area contributed by atoms with Crippen molar-refractivity contribution in [2.24, 2.45) is 45.2 Å². The molecule has 5 rings (SSSR count). The molecule has 0 radical (unpaired) electrons. The fourth-order valence-corrected chi connectivity index (χ4v) is 11.0. The molecular weight excluding hydrogens is 562 g/mol. The quantitative estimate of drug-likeness (QED) is 0.0784. The van der Waals surface area contributed by atoms with Crippen molar-refractivity contribution in [1.29, 1.82) is 0 Å². The molecule has 8 N–H and O–H groups in total. The lowest BCUT2D eigenvalue weighted by molar-refractivity contribution is -0.828. The van der Waals surface area contributed by atoms with Gasteiger partial charge in [-0.3, -0.25) is 4.90 Å². The summed E-state index contributed by atoms with van der Waals surface area (Å²) >= 11 is 0. The second-order valence-electron chi connectivity index (χ2n) is 14.6. The van der Waals surface area contributed by atoms with Gasteiger partial charge in [0.05, 0.1) is 38.4 Å². The molecule has 4 aliphatic carbocycles. The maximum absolute atomic E-state index is 13.0. The van der Waals surface area contributed by atoms with Gasteiger partial charge < -0.3 is 46.3 Å². The second kappa shape index (κ2) is 13.6. The highest BCUT2D eigenvalue weighted by molar-refractivity contribution is 5.90. The Morgan fingerprint density at radius 1 is 1.20 bits per heavy atom. The predicted molar refractivity (Wildman–Crippen MR) is 166 cm³/mol. The number of nitrogens with two attached hydrogens (primary N) is 1. The second-order valence-corrected chi connectivity index (χ2v) is 14.6. The molecular formula is C33H57N5O6. The number of aliphatic carboxylic acids is 1. The maximum atomic E-state index is 13.0. The average Bonchev–Trinajstić information content (AvgIpc) is 3.37. The molecule has 44 heavy (non-hydrogen) atoms. The van der Waals surface area contributed by atoms with Gasteiger partial charge in [0.25, 0.3) is 5.96 Å². The van der Waals surface area contributed by atoms with Crippen molar-refractivity contribution in [3.8, 4) is 0 Å². The number of quaternary nitrogens is 1. The number of ether oxygens (including phenoxy) is 1. The van der Waals surface area contributed by atoms with Gasteiger partial charge in [-0.2, -0.15) is 0 Å². The number of carboxylic acids is 1. The van der Waals surface area contributed by atoms with E-state index in [2.05, 4.69) is 22.5 Å². The molecule has 2 spiro atoms. The Hall–Kier alpha value is -1.60. The highest BCUT2D eigenvalue weighted by atomic mass is 16.5. The van der Waals surface area contributed by atoms with Crippen LogP contribution in [0.4, 0.5) is 0 Å². The number of hydrogen-bond donors (Lipinski definition) is 7. The molecule has 1 unspecified atom stereocenters. The van der Waals surface area contributed by atoms with E-state index < -0.39 is 17.0 Å². The minimum atomic E-state index is -1.63. The molecule has 0 amide bonds. The fraction of sp³-hybridized carbons (Fsp3) is 0.879. The number of carbonyl (C=O) groups excluding carboxylic acids is 1. The number of hydrogen-bond acceptors (Lipinski definition) is 9. The summed E-state index contributed by atoms with van der Waals surface area (Å²) in [6.07, 6.45) is 8.16. The third kappa shape index (κ3) is 5.54. The minimum absolute atomic E-state index is 0.0556. The number of aliphatic imine (C=N–C) groups is 1. The first-order valence-corrected chi connectivity index (χ1v) is 17.1. The van der Waals surface area contributed by atoms with Crippen LogP contribution in [-0.4, -0.2) is 105 Å². The molecule has 11 heteroatoms. The summed E-state index contributed by atoms with van der Waals surface area (Å²) in [5.41, 5.74) is 5.00. The van der Waals surface area contributed by atoms with E-state index in [0.29, 0.717) is 31.3 Å². The first kappa shape index (κ1) is 33.8. The summed E-state index contributed by atoms with van der Waals surface area (Å²) in [6.45, 7) is 5.29. The summed E-state index contributed by atoms with van der Waals surface area (Å²) < 4.78 is 6.48. The molecule has 250 valence electrons. The van der Waals surface area contributed by atoms with E-state index in [1.165, 1.54) is 0 Å². The van der Waals surface area contributed by atoms with Gasteiger partial charge in [0, 0.05) is 49.1 Å². The van der Waals surface area contributed by atoms with Gasteiger partial charge in [0.15, 0.2) is 0 Å². The number of nitrogens with one attached hydrogen (secondary N) is 3. The topological polar surface area (TPSA) is 177 Å². The molecule has 0 aromatic carbocycles. The van der Waals surface area contributed by atoms with Crippen molar-refractivity contribution in [3.63, 3.8) is 0 Å². The monoisotopic (exact) mass is 619 g/mol. The van der Waals surface area contributed by atoms with E-state index in [0.717, 1.165) is 81.5 Å². The molecule has 3 saturated carbocycles. The summed E-state index contributed by atoms with van der Waals surface area (Å²) in [7, 11) is 3.68. The molecule has 1 saturated heterocycles. The smallest absolute Gasteiger partial charge is 0.293 e. The van der Waals surface area contributed by atoms with Crippen LogP contribution in [0.1, 0.15) is 71.1 Å². The van der Waals surface area contributed by atoms with Crippen LogP contribution < -0.4 is 26.4 Å². The number of nitrogens with zero attached hydrogens (tertiary/aromatic N) is 1. The van der Waals surface area contributed by atoms with Crippen LogP contribution in [0.5, 0.6) is 0 Å². The molecule has 1 aliphatic heterocycles. The number of aliphatic hydroxyl groups is 3. The van der Waals surface area contributed by atoms with E-state index in [4.69, 9.17) is 10.5 Å². The Bertz CT molecular complexity index is 1100. The number of rotatable bonds is 12. The normalized spacial score (nSPS) is 42.2. The van der Waals surface area contributed by atoms with Gasteiger partial charge in [-0.25, -0.2) is 4.99 Å². The standard InChI is InChI=1S/C33H57N5O6/c1-21-6-8-23-15-26-28(29(41)42)31(43,20-44-25-9-7-22(5-4-13-39)27(16-25)35-2)18-32(21,26)33(23)19-38(30(34)36-3)12-10-24(33)17-37-11-14-40/h21-25,27,35,37,39-40,43H,4-20H2,1-3H3,(H2,34,36)(H,41,42)/t21-,22-,23-,24-,25-,27-,31-,32+,33-/m1/s1. The largest absolute Gasteiger partial charge is 0.545 e. The van der Waals surface area contributed by atoms with E-state index in [9.17, 15) is 25.2 Å². The Kier molecular flexibility index (Phi) is 10.5. The van der Waals surface area contributed by atoms with Gasteiger partial charge in [-0.1, -0.05) is 12.5 Å². The highest BCUT2D eigenvalue weighted by Crippen LogP contribution is 2.76. The van der Waals surface area contributed by atoms with Gasteiger partial charge in [0.2, 0.25) is 0 Å². The van der Waals surface area contributed by atoms with Crippen molar-refractivity contribution in [2.75, 3.05) is 60.1 Å². The number of piperidine rings is 1. The van der Waals surface area contributed by atoms with E-state index in [1.807, 2.05) is 7.05 Å². The number of carboxylic acid groups (broad SMARTS) is 1. The van der Waals surface area contributed by atoms with Crippen molar-refractivity contribution in [1.82, 2.24) is 10.6 Å². The highest BCUT2D eigenvalue weighted by Gasteiger charge is 2.75. The zero-order valence-electron chi connectivity index (χ0n) is 27.1. The maximum Gasteiger partial charge on any atom is 0.293 e. The van der Waals surface area contributed by atoms with Crippen LogP contribution in [-0.2, 0) is 9.53 Å². The summed E-state index contributed by atoms with van der Waals surface area (Å²) in [4.78, 5) is 18.5. The lowest BCUT2D eigenvalue weighted by atomic mass is 9.45. The van der Waals surface area contributed by atoms with E-state index in [-0.39, 0.29) is 60.7 Å².